The zero-order chi connectivity index (χ0) is 15.9. The van der Waals surface area contributed by atoms with Crippen molar-refractivity contribution in [3.8, 4) is 5.69 Å². The molecule has 0 saturated heterocycles. The number of nitrogens with one attached hydrogen (secondary N) is 2. The van der Waals surface area contributed by atoms with Crippen LogP contribution in [0.1, 0.15) is 16.9 Å². The molecule has 1 heterocycles. The maximum atomic E-state index is 11.9. The molecule has 8 heteroatoms. The molecule has 1 aromatic heterocycles. The SMILES string of the molecule is CNCCCNC(=O)c1ccn(-c2ccc([N+](=O)[O-])cc2)n1. The van der Waals surface area contributed by atoms with Gasteiger partial charge in [0.1, 0.15) is 0 Å². The molecule has 116 valence electrons. The number of hydrogen-bond acceptors (Lipinski definition) is 5. The predicted molar refractivity (Wildman–Crippen MR) is 81.1 cm³/mol. The maximum Gasteiger partial charge on any atom is 0.271 e. The molecule has 0 saturated carbocycles. The van der Waals surface area contributed by atoms with Gasteiger partial charge in [0, 0.05) is 24.9 Å². The van der Waals surface area contributed by atoms with E-state index in [1.807, 2.05) is 7.05 Å². The first-order valence-electron chi connectivity index (χ1n) is 6.85. The number of carbonyl (C=O) groups excluding carboxylic acids is 1. The summed E-state index contributed by atoms with van der Waals surface area (Å²) in [5.41, 5.74) is 0.973. The number of amides is 1. The van der Waals surface area contributed by atoms with Crippen LogP contribution in [0, 0.1) is 10.1 Å². The summed E-state index contributed by atoms with van der Waals surface area (Å²) in [5, 5.41) is 20.6. The van der Waals surface area contributed by atoms with Crippen LogP contribution in [0.15, 0.2) is 36.5 Å². The molecule has 22 heavy (non-hydrogen) atoms. The summed E-state index contributed by atoms with van der Waals surface area (Å²) in [6, 6.07) is 7.57. The fraction of sp³-hybridized carbons (Fsp3) is 0.286. The van der Waals surface area contributed by atoms with Crippen molar-refractivity contribution >= 4 is 11.6 Å². The maximum absolute atomic E-state index is 11.9. The third kappa shape index (κ3) is 3.89. The first-order chi connectivity index (χ1) is 10.6. The van der Waals surface area contributed by atoms with E-state index in [4.69, 9.17) is 0 Å². The van der Waals surface area contributed by atoms with Gasteiger partial charge in [-0.1, -0.05) is 0 Å². The van der Waals surface area contributed by atoms with E-state index in [-0.39, 0.29) is 11.6 Å². The van der Waals surface area contributed by atoms with Crippen LogP contribution in [0.5, 0.6) is 0 Å². The molecule has 0 aliphatic carbocycles. The lowest BCUT2D eigenvalue weighted by Crippen LogP contribution is -2.27. The topological polar surface area (TPSA) is 102 Å². The monoisotopic (exact) mass is 303 g/mol. The van der Waals surface area contributed by atoms with Crippen molar-refractivity contribution in [2.45, 2.75) is 6.42 Å². The summed E-state index contributed by atoms with van der Waals surface area (Å²) in [6.45, 7) is 1.40. The molecule has 0 fully saturated rings. The molecular formula is C14H17N5O3. The number of aromatic nitrogens is 2. The molecule has 2 aromatic rings. The first-order valence-corrected chi connectivity index (χ1v) is 6.85. The smallest absolute Gasteiger partial charge is 0.271 e. The van der Waals surface area contributed by atoms with Gasteiger partial charge in [0.2, 0.25) is 0 Å². The Morgan fingerprint density at radius 3 is 2.64 bits per heavy atom. The van der Waals surface area contributed by atoms with Crippen LogP contribution in [0.2, 0.25) is 0 Å². The average Bonchev–Trinajstić information content (AvgIpc) is 3.01. The van der Waals surface area contributed by atoms with Crippen LogP contribution in [-0.2, 0) is 0 Å². The van der Waals surface area contributed by atoms with E-state index < -0.39 is 4.92 Å². The Hall–Kier alpha value is -2.74. The van der Waals surface area contributed by atoms with Crippen LogP contribution in [0.3, 0.4) is 0 Å². The van der Waals surface area contributed by atoms with Crippen molar-refractivity contribution < 1.29 is 9.72 Å². The number of benzene rings is 1. The fourth-order valence-corrected chi connectivity index (χ4v) is 1.87. The van der Waals surface area contributed by atoms with Gasteiger partial charge in [-0.2, -0.15) is 5.10 Å². The number of nitro benzene ring substituents is 1. The fourth-order valence-electron chi connectivity index (χ4n) is 1.87. The Morgan fingerprint density at radius 1 is 1.27 bits per heavy atom. The van der Waals surface area contributed by atoms with Crippen molar-refractivity contribution in [1.29, 1.82) is 0 Å². The summed E-state index contributed by atoms with van der Waals surface area (Å²) in [7, 11) is 1.85. The van der Waals surface area contributed by atoms with Crippen LogP contribution in [-0.4, -0.2) is 40.7 Å². The van der Waals surface area contributed by atoms with Crippen molar-refractivity contribution in [2.75, 3.05) is 20.1 Å². The van der Waals surface area contributed by atoms with Gasteiger partial charge in [0.05, 0.1) is 10.6 Å². The molecule has 0 aliphatic heterocycles. The molecule has 1 amide bonds. The molecular weight excluding hydrogens is 286 g/mol. The molecule has 0 aliphatic rings. The third-order valence-corrected chi connectivity index (χ3v) is 3.04. The van der Waals surface area contributed by atoms with Crippen LogP contribution >= 0.6 is 0 Å². The highest BCUT2D eigenvalue weighted by atomic mass is 16.6. The average molecular weight is 303 g/mol. The van der Waals surface area contributed by atoms with Crippen LogP contribution in [0.4, 0.5) is 5.69 Å². The molecule has 1 aromatic carbocycles. The van der Waals surface area contributed by atoms with Crippen molar-refractivity contribution in [3.63, 3.8) is 0 Å². The zero-order valence-corrected chi connectivity index (χ0v) is 12.2. The van der Waals surface area contributed by atoms with Gasteiger partial charge in [0.15, 0.2) is 5.69 Å². The number of hydrogen-bond donors (Lipinski definition) is 2. The number of nitro groups is 1. The standard InChI is InChI=1S/C14H17N5O3/c1-15-8-2-9-16-14(20)13-7-10-18(17-13)11-3-5-12(6-4-11)19(21)22/h3-7,10,15H,2,8-9H2,1H3,(H,16,20). The van der Waals surface area contributed by atoms with Gasteiger partial charge in [-0.25, -0.2) is 4.68 Å². The van der Waals surface area contributed by atoms with Crippen molar-refractivity contribution in [3.05, 3.63) is 52.3 Å². The van der Waals surface area contributed by atoms with Crippen molar-refractivity contribution in [1.82, 2.24) is 20.4 Å². The second-order valence-electron chi connectivity index (χ2n) is 4.63. The highest BCUT2D eigenvalue weighted by Gasteiger charge is 2.10. The van der Waals surface area contributed by atoms with Gasteiger partial charge in [-0.15, -0.1) is 0 Å². The predicted octanol–water partition coefficient (Wildman–Crippen LogP) is 1.12. The molecule has 0 unspecified atom stereocenters. The zero-order valence-electron chi connectivity index (χ0n) is 12.2. The molecule has 2 rings (SSSR count). The number of non-ortho nitro benzene ring substituents is 1. The largest absolute Gasteiger partial charge is 0.351 e. The minimum Gasteiger partial charge on any atom is -0.351 e. The molecule has 0 bridgehead atoms. The summed E-state index contributed by atoms with van der Waals surface area (Å²) in [5.74, 6) is -0.239. The third-order valence-electron chi connectivity index (χ3n) is 3.04. The lowest BCUT2D eigenvalue weighted by molar-refractivity contribution is -0.384. The van der Waals surface area contributed by atoms with Gasteiger partial charge in [-0.3, -0.25) is 14.9 Å². The minimum atomic E-state index is -0.461. The second-order valence-corrected chi connectivity index (χ2v) is 4.63. The molecule has 0 atom stereocenters. The Labute approximate surface area is 127 Å². The van der Waals surface area contributed by atoms with Gasteiger partial charge < -0.3 is 10.6 Å². The highest BCUT2D eigenvalue weighted by Crippen LogP contribution is 2.14. The quantitative estimate of drug-likeness (QED) is 0.453. The highest BCUT2D eigenvalue weighted by molar-refractivity contribution is 5.92. The molecule has 0 spiro atoms. The molecule has 2 N–H and O–H groups in total. The second kappa shape index (κ2) is 7.32. The van der Waals surface area contributed by atoms with Crippen LogP contribution in [0.25, 0.3) is 5.69 Å². The number of carbonyl (C=O) groups is 1. The minimum absolute atomic E-state index is 0.0124. The van der Waals surface area contributed by atoms with E-state index in [2.05, 4.69) is 15.7 Å². The van der Waals surface area contributed by atoms with Gasteiger partial charge in [-0.05, 0) is 38.2 Å². The summed E-state index contributed by atoms with van der Waals surface area (Å²) >= 11 is 0. The van der Waals surface area contributed by atoms with Crippen LogP contribution < -0.4 is 10.6 Å². The Kier molecular flexibility index (Phi) is 5.21. The number of rotatable bonds is 7. The van der Waals surface area contributed by atoms with E-state index in [0.29, 0.717) is 17.9 Å². The summed E-state index contributed by atoms with van der Waals surface area (Å²) < 4.78 is 1.51. The summed E-state index contributed by atoms with van der Waals surface area (Å²) in [4.78, 5) is 22.1. The normalized spacial score (nSPS) is 10.4. The Balaban J connectivity index is 2.01. The van der Waals surface area contributed by atoms with Crippen molar-refractivity contribution in [2.24, 2.45) is 0 Å². The van der Waals surface area contributed by atoms with E-state index in [9.17, 15) is 14.9 Å². The molecule has 8 nitrogen and oxygen atoms in total. The number of nitrogens with zero attached hydrogens (tertiary/aromatic N) is 3. The molecule has 0 radical (unpaired) electrons. The summed E-state index contributed by atoms with van der Waals surface area (Å²) in [6.07, 6.45) is 2.48. The lowest BCUT2D eigenvalue weighted by Gasteiger charge is -2.03. The lowest BCUT2D eigenvalue weighted by atomic mass is 10.3. The van der Waals surface area contributed by atoms with E-state index in [1.165, 1.54) is 16.8 Å². The van der Waals surface area contributed by atoms with Gasteiger partial charge >= 0.3 is 0 Å². The van der Waals surface area contributed by atoms with E-state index in [0.717, 1.165) is 13.0 Å². The Bertz CT molecular complexity index is 651. The first kappa shape index (κ1) is 15.6. The van der Waals surface area contributed by atoms with Gasteiger partial charge in [0.25, 0.3) is 11.6 Å². The van der Waals surface area contributed by atoms with E-state index >= 15 is 0 Å². The van der Waals surface area contributed by atoms with E-state index in [1.54, 1.807) is 24.4 Å². The Morgan fingerprint density at radius 2 is 2.00 bits per heavy atom.